The molecule has 0 fully saturated rings. The van der Waals surface area contributed by atoms with E-state index in [1.807, 2.05) is 0 Å². The second-order valence-electron chi connectivity index (χ2n) is 3.77. The maximum atomic E-state index is 12.2. The van der Waals surface area contributed by atoms with Crippen molar-refractivity contribution in [1.82, 2.24) is 0 Å². The third-order valence-electron chi connectivity index (χ3n) is 2.23. The lowest BCUT2D eigenvalue weighted by atomic mass is 10.2. The van der Waals surface area contributed by atoms with Crippen molar-refractivity contribution in [3.63, 3.8) is 0 Å². The van der Waals surface area contributed by atoms with Crippen molar-refractivity contribution in [3.8, 4) is 0 Å². The van der Waals surface area contributed by atoms with Crippen LogP contribution >= 0.6 is 11.3 Å². The standard InChI is InChI=1S/C10H8F6O3S/c1-4-5(2-6(20-4)7(17)18)3-19-8(9(11,12)13)10(14,15)16/h2,8H,3H2,1H3,(H,17,18). The van der Waals surface area contributed by atoms with Crippen LogP contribution in [0.5, 0.6) is 0 Å². The van der Waals surface area contributed by atoms with Gasteiger partial charge in [0.05, 0.1) is 6.61 Å². The first-order valence-corrected chi connectivity index (χ1v) is 5.82. The predicted octanol–water partition coefficient (Wildman–Crippen LogP) is 3.76. The maximum Gasteiger partial charge on any atom is 0.423 e. The van der Waals surface area contributed by atoms with Gasteiger partial charge in [-0.3, -0.25) is 0 Å². The monoisotopic (exact) mass is 322 g/mol. The van der Waals surface area contributed by atoms with E-state index in [1.165, 1.54) is 6.92 Å². The Labute approximate surface area is 112 Å². The lowest BCUT2D eigenvalue weighted by Crippen LogP contribution is -2.44. The molecule has 0 aliphatic rings. The molecule has 0 aromatic carbocycles. The average Bonchev–Trinajstić information content (AvgIpc) is 2.56. The number of hydrogen-bond acceptors (Lipinski definition) is 3. The van der Waals surface area contributed by atoms with Crippen molar-refractivity contribution < 1.29 is 41.0 Å². The fourth-order valence-electron chi connectivity index (χ4n) is 1.32. The fourth-order valence-corrected chi connectivity index (χ4v) is 2.18. The second-order valence-corrected chi connectivity index (χ2v) is 5.03. The average molecular weight is 322 g/mol. The van der Waals surface area contributed by atoms with Gasteiger partial charge in [0, 0.05) is 4.88 Å². The summed E-state index contributed by atoms with van der Waals surface area (Å²) in [7, 11) is 0. The molecule has 0 aliphatic heterocycles. The number of rotatable bonds is 4. The lowest BCUT2D eigenvalue weighted by molar-refractivity contribution is -0.324. The van der Waals surface area contributed by atoms with Crippen LogP contribution in [0.4, 0.5) is 26.3 Å². The minimum absolute atomic E-state index is 0.0223. The summed E-state index contributed by atoms with van der Waals surface area (Å²) in [6.45, 7) is 0.408. The van der Waals surface area contributed by atoms with E-state index in [9.17, 15) is 31.1 Å². The van der Waals surface area contributed by atoms with E-state index in [-0.39, 0.29) is 15.3 Å². The number of carboxylic acids is 1. The first-order chi connectivity index (χ1) is 8.93. The summed E-state index contributed by atoms with van der Waals surface area (Å²) in [5.41, 5.74) is -0.0223. The third-order valence-corrected chi connectivity index (χ3v) is 3.31. The topological polar surface area (TPSA) is 46.5 Å². The number of halogens is 6. The van der Waals surface area contributed by atoms with Gasteiger partial charge < -0.3 is 9.84 Å². The second kappa shape index (κ2) is 5.60. The molecule has 20 heavy (non-hydrogen) atoms. The highest BCUT2D eigenvalue weighted by atomic mass is 32.1. The van der Waals surface area contributed by atoms with Crippen molar-refractivity contribution in [3.05, 3.63) is 21.4 Å². The van der Waals surface area contributed by atoms with Crippen LogP contribution in [-0.4, -0.2) is 29.5 Å². The molecule has 3 nitrogen and oxygen atoms in total. The zero-order valence-electron chi connectivity index (χ0n) is 9.80. The van der Waals surface area contributed by atoms with Gasteiger partial charge >= 0.3 is 18.3 Å². The number of carboxylic acid groups (broad SMARTS) is 1. The molecule has 114 valence electrons. The number of carbonyl (C=O) groups is 1. The van der Waals surface area contributed by atoms with Crippen molar-refractivity contribution in [2.45, 2.75) is 32.0 Å². The SMILES string of the molecule is Cc1sc(C(=O)O)cc1COC(C(F)(F)F)C(F)(F)F. The van der Waals surface area contributed by atoms with Crippen molar-refractivity contribution >= 4 is 17.3 Å². The van der Waals surface area contributed by atoms with E-state index in [0.717, 1.165) is 17.4 Å². The Hall–Kier alpha value is -1.29. The molecule has 0 unspecified atom stereocenters. The molecule has 0 bridgehead atoms. The molecule has 0 saturated carbocycles. The maximum absolute atomic E-state index is 12.2. The van der Waals surface area contributed by atoms with Gasteiger partial charge in [-0.15, -0.1) is 11.3 Å². The van der Waals surface area contributed by atoms with Crippen LogP contribution in [0.3, 0.4) is 0 Å². The zero-order chi connectivity index (χ0) is 15.7. The van der Waals surface area contributed by atoms with Crippen molar-refractivity contribution in [1.29, 1.82) is 0 Å². The van der Waals surface area contributed by atoms with E-state index in [4.69, 9.17) is 5.11 Å². The summed E-state index contributed by atoms with van der Waals surface area (Å²) in [5.74, 6) is -1.31. The Kier molecular flexibility index (Phi) is 4.70. The number of hydrogen-bond donors (Lipinski definition) is 1. The van der Waals surface area contributed by atoms with E-state index in [2.05, 4.69) is 4.74 Å². The van der Waals surface area contributed by atoms with Crippen LogP contribution in [0, 0.1) is 6.92 Å². The molecule has 0 atom stereocenters. The van der Waals surface area contributed by atoms with Gasteiger partial charge in [0.2, 0.25) is 6.10 Å². The van der Waals surface area contributed by atoms with Gasteiger partial charge in [0.25, 0.3) is 0 Å². The summed E-state index contributed by atoms with van der Waals surface area (Å²) in [6, 6.07) is 0.992. The molecule has 0 aliphatic carbocycles. The molecule has 1 rings (SSSR count). The van der Waals surface area contributed by atoms with Crippen LogP contribution in [-0.2, 0) is 11.3 Å². The van der Waals surface area contributed by atoms with E-state index in [1.54, 1.807) is 0 Å². The molecular weight excluding hydrogens is 314 g/mol. The molecule has 0 radical (unpaired) electrons. The molecule has 0 saturated heterocycles. The summed E-state index contributed by atoms with van der Waals surface area (Å²) >= 11 is 0.747. The van der Waals surface area contributed by atoms with Gasteiger partial charge in [-0.1, -0.05) is 0 Å². The van der Waals surface area contributed by atoms with E-state index >= 15 is 0 Å². The molecule has 1 aromatic rings. The zero-order valence-corrected chi connectivity index (χ0v) is 10.6. The highest BCUT2D eigenvalue weighted by Crippen LogP contribution is 2.36. The van der Waals surface area contributed by atoms with E-state index in [0.29, 0.717) is 0 Å². The highest BCUT2D eigenvalue weighted by Gasteiger charge is 2.58. The third kappa shape index (κ3) is 4.10. The molecule has 1 aromatic heterocycles. The van der Waals surface area contributed by atoms with Gasteiger partial charge in [-0.2, -0.15) is 26.3 Å². The smallest absolute Gasteiger partial charge is 0.423 e. The Morgan fingerprint density at radius 1 is 1.30 bits per heavy atom. The number of aromatic carboxylic acids is 1. The largest absolute Gasteiger partial charge is 0.477 e. The minimum Gasteiger partial charge on any atom is -0.477 e. The Bertz CT molecular complexity index is 476. The number of alkyl halides is 6. The van der Waals surface area contributed by atoms with Gasteiger partial charge in [-0.05, 0) is 18.6 Å². The highest BCUT2D eigenvalue weighted by molar-refractivity contribution is 7.14. The number of ether oxygens (including phenoxy) is 1. The molecular formula is C10H8F6O3S. The summed E-state index contributed by atoms with van der Waals surface area (Å²) in [5, 5.41) is 8.67. The normalized spacial score (nSPS) is 13.0. The lowest BCUT2D eigenvalue weighted by Gasteiger charge is -2.23. The van der Waals surface area contributed by atoms with Crippen molar-refractivity contribution in [2.24, 2.45) is 0 Å². The quantitative estimate of drug-likeness (QED) is 0.859. The molecule has 0 spiro atoms. The van der Waals surface area contributed by atoms with E-state index < -0.39 is 31.0 Å². The first-order valence-electron chi connectivity index (χ1n) is 5.00. The van der Waals surface area contributed by atoms with Crippen LogP contribution < -0.4 is 0 Å². The van der Waals surface area contributed by atoms with Crippen molar-refractivity contribution in [2.75, 3.05) is 0 Å². The predicted molar refractivity (Wildman–Crippen MR) is 56.7 cm³/mol. The molecule has 1 heterocycles. The fraction of sp³-hybridized carbons (Fsp3) is 0.500. The van der Waals surface area contributed by atoms with Crippen LogP contribution in [0.15, 0.2) is 6.07 Å². The Morgan fingerprint density at radius 2 is 1.80 bits per heavy atom. The molecule has 0 amide bonds. The Balaban J connectivity index is 2.86. The van der Waals surface area contributed by atoms with Crippen LogP contribution in [0.25, 0.3) is 0 Å². The first kappa shape index (κ1) is 16.8. The molecule has 1 N–H and O–H groups in total. The summed E-state index contributed by atoms with van der Waals surface area (Å²) < 4.78 is 77.2. The Morgan fingerprint density at radius 3 is 2.15 bits per heavy atom. The summed E-state index contributed by atoms with van der Waals surface area (Å²) in [4.78, 5) is 10.7. The van der Waals surface area contributed by atoms with Crippen LogP contribution in [0.1, 0.15) is 20.1 Å². The van der Waals surface area contributed by atoms with Gasteiger partial charge in [0.1, 0.15) is 4.88 Å². The van der Waals surface area contributed by atoms with Crippen LogP contribution in [0.2, 0.25) is 0 Å². The molecule has 10 heteroatoms. The number of aryl methyl sites for hydroxylation is 1. The van der Waals surface area contributed by atoms with Gasteiger partial charge in [0.15, 0.2) is 0 Å². The van der Waals surface area contributed by atoms with Gasteiger partial charge in [-0.25, -0.2) is 4.79 Å². The minimum atomic E-state index is -5.59. The summed E-state index contributed by atoms with van der Waals surface area (Å²) in [6.07, 6.45) is -15.1. The number of thiophene rings is 1.